The van der Waals surface area contributed by atoms with Crippen LogP contribution in [0.25, 0.3) is 0 Å². The van der Waals surface area contributed by atoms with E-state index < -0.39 is 0 Å². The molecule has 0 amide bonds. The lowest BCUT2D eigenvalue weighted by atomic mass is 9.70. The van der Waals surface area contributed by atoms with Crippen LogP contribution in [0.15, 0.2) is 12.3 Å². The van der Waals surface area contributed by atoms with Gasteiger partial charge in [0, 0.05) is 12.8 Å². The molecule has 1 aliphatic heterocycles. The highest BCUT2D eigenvalue weighted by molar-refractivity contribution is 6.34. The first-order valence-corrected chi connectivity index (χ1v) is 7.80. The summed E-state index contributed by atoms with van der Waals surface area (Å²) in [6.45, 7) is 0.786. The minimum absolute atomic E-state index is 0.0545. The molecule has 20 heavy (non-hydrogen) atoms. The first kappa shape index (κ1) is 14.5. The second kappa shape index (κ2) is 5.78. The minimum Gasteiger partial charge on any atom is -0.375 e. The monoisotopic (exact) mass is 315 g/mol. The van der Waals surface area contributed by atoms with Crippen LogP contribution in [0.5, 0.6) is 0 Å². The summed E-state index contributed by atoms with van der Waals surface area (Å²) in [6.07, 6.45) is 7.17. The third-order valence-electron chi connectivity index (χ3n) is 4.58. The van der Waals surface area contributed by atoms with Crippen molar-refractivity contribution in [2.24, 2.45) is 11.8 Å². The summed E-state index contributed by atoms with van der Waals surface area (Å²) in [5, 5.41) is 1.10. The molecular weight excluding hydrogens is 297 g/mol. The van der Waals surface area contributed by atoms with Gasteiger partial charge in [-0.2, -0.15) is 0 Å². The van der Waals surface area contributed by atoms with Crippen LogP contribution in [0.3, 0.4) is 0 Å². The number of pyridine rings is 1. The highest BCUT2D eigenvalue weighted by Crippen LogP contribution is 2.47. The SMILES string of the molecule is NNC(c1ncc(Cl)cc1Cl)C1CCOC2(CCC2)C1. The Labute approximate surface area is 129 Å². The van der Waals surface area contributed by atoms with Gasteiger partial charge in [-0.1, -0.05) is 23.2 Å². The second-order valence-electron chi connectivity index (χ2n) is 5.80. The summed E-state index contributed by atoms with van der Waals surface area (Å²) in [7, 11) is 0. The Hall–Kier alpha value is -0.390. The summed E-state index contributed by atoms with van der Waals surface area (Å²) < 4.78 is 5.97. The van der Waals surface area contributed by atoms with Crippen molar-refractivity contribution in [2.75, 3.05) is 6.61 Å². The number of hydrazine groups is 1. The smallest absolute Gasteiger partial charge is 0.0776 e. The number of ether oxygens (including phenoxy) is 1. The van der Waals surface area contributed by atoms with Crippen molar-refractivity contribution in [3.8, 4) is 0 Å². The maximum atomic E-state index is 6.27. The van der Waals surface area contributed by atoms with Crippen LogP contribution in [0.1, 0.15) is 43.8 Å². The second-order valence-corrected chi connectivity index (χ2v) is 6.65. The van der Waals surface area contributed by atoms with Crippen LogP contribution >= 0.6 is 23.2 Å². The lowest BCUT2D eigenvalue weighted by molar-refractivity contribution is -0.147. The predicted molar refractivity (Wildman–Crippen MR) is 79.6 cm³/mol. The zero-order valence-electron chi connectivity index (χ0n) is 11.2. The van der Waals surface area contributed by atoms with Gasteiger partial charge in [0.15, 0.2) is 0 Å². The molecule has 0 radical (unpaired) electrons. The Bertz CT molecular complexity index is 493. The van der Waals surface area contributed by atoms with E-state index in [2.05, 4.69) is 10.4 Å². The average molecular weight is 316 g/mol. The first-order chi connectivity index (χ1) is 9.63. The molecule has 4 nitrogen and oxygen atoms in total. The molecule has 0 aromatic carbocycles. The molecule has 3 N–H and O–H groups in total. The highest BCUT2D eigenvalue weighted by Gasteiger charge is 2.44. The average Bonchev–Trinajstić information content (AvgIpc) is 2.40. The van der Waals surface area contributed by atoms with Gasteiger partial charge in [0.25, 0.3) is 0 Å². The van der Waals surface area contributed by atoms with E-state index in [1.165, 1.54) is 6.42 Å². The van der Waals surface area contributed by atoms with E-state index >= 15 is 0 Å². The van der Waals surface area contributed by atoms with Crippen molar-refractivity contribution in [1.82, 2.24) is 10.4 Å². The van der Waals surface area contributed by atoms with Gasteiger partial charge in [0.05, 0.1) is 27.4 Å². The molecule has 2 heterocycles. The molecule has 1 aromatic heterocycles. The standard InChI is InChI=1S/C14H19Cl2N3O/c15-10-6-11(16)13(18-8-10)12(19-17)9-2-5-20-14(7-9)3-1-4-14/h6,8-9,12,19H,1-5,7,17H2. The third kappa shape index (κ3) is 2.68. The minimum atomic E-state index is -0.0545. The van der Waals surface area contributed by atoms with Crippen LogP contribution < -0.4 is 11.3 Å². The Morgan fingerprint density at radius 2 is 2.25 bits per heavy atom. The Kier molecular flexibility index (Phi) is 4.20. The van der Waals surface area contributed by atoms with Gasteiger partial charge < -0.3 is 4.74 Å². The van der Waals surface area contributed by atoms with Crippen molar-refractivity contribution >= 4 is 23.2 Å². The molecular formula is C14H19Cl2N3O. The van der Waals surface area contributed by atoms with Gasteiger partial charge >= 0.3 is 0 Å². The van der Waals surface area contributed by atoms with Gasteiger partial charge in [-0.25, -0.2) is 0 Å². The number of hydrogen-bond acceptors (Lipinski definition) is 4. The molecule has 2 aliphatic rings. The normalized spacial score (nSPS) is 26.2. The number of nitrogens with zero attached hydrogens (tertiary/aromatic N) is 1. The topological polar surface area (TPSA) is 60.2 Å². The van der Waals surface area contributed by atoms with Crippen molar-refractivity contribution in [2.45, 2.75) is 43.7 Å². The van der Waals surface area contributed by atoms with Crippen molar-refractivity contribution in [3.05, 3.63) is 28.0 Å². The van der Waals surface area contributed by atoms with Gasteiger partial charge in [-0.05, 0) is 44.1 Å². The quantitative estimate of drug-likeness (QED) is 0.664. The predicted octanol–water partition coefficient (Wildman–Crippen LogP) is 3.24. The molecule has 1 aliphatic carbocycles. The number of aromatic nitrogens is 1. The van der Waals surface area contributed by atoms with E-state index in [9.17, 15) is 0 Å². The Morgan fingerprint density at radius 3 is 2.85 bits per heavy atom. The molecule has 3 rings (SSSR count). The molecule has 2 fully saturated rings. The van der Waals surface area contributed by atoms with E-state index in [-0.39, 0.29) is 11.6 Å². The fraction of sp³-hybridized carbons (Fsp3) is 0.643. The molecule has 110 valence electrons. The summed E-state index contributed by atoms with van der Waals surface area (Å²) in [5.41, 5.74) is 3.75. The van der Waals surface area contributed by atoms with E-state index in [1.54, 1.807) is 12.3 Å². The largest absolute Gasteiger partial charge is 0.375 e. The molecule has 2 unspecified atom stereocenters. The third-order valence-corrected chi connectivity index (χ3v) is 5.09. The van der Waals surface area contributed by atoms with Crippen LogP contribution in [-0.4, -0.2) is 17.2 Å². The number of rotatable bonds is 3. The van der Waals surface area contributed by atoms with Crippen molar-refractivity contribution < 1.29 is 4.74 Å². The van der Waals surface area contributed by atoms with Crippen LogP contribution in [0.2, 0.25) is 10.0 Å². The van der Waals surface area contributed by atoms with E-state index in [4.69, 9.17) is 33.8 Å². The van der Waals surface area contributed by atoms with Gasteiger partial charge in [0.2, 0.25) is 0 Å². The van der Waals surface area contributed by atoms with Crippen LogP contribution in [0.4, 0.5) is 0 Å². The zero-order chi connectivity index (χ0) is 14.2. The lowest BCUT2D eigenvalue weighted by Gasteiger charge is -2.48. The molecule has 6 heteroatoms. The van der Waals surface area contributed by atoms with Gasteiger partial charge in [-0.15, -0.1) is 0 Å². The maximum Gasteiger partial charge on any atom is 0.0776 e. The first-order valence-electron chi connectivity index (χ1n) is 7.05. The summed E-state index contributed by atoms with van der Waals surface area (Å²) in [5.74, 6) is 6.16. The maximum absolute atomic E-state index is 6.27. The molecule has 1 saturated carbocycles. The zero-order valence-corrected chi connectivity index (χ0v) is 12.8. The van der Waals surface area contributed by atoms with Crippen molar-refractivity contribution in [3.63, 3.8) is 0 Å². The number of hydrogen-bond donors (Lipinski definition) is 2. The Balaban J connectivity index is 1.81. The lowest BCUT2D eigenvalue weighted by Crippen LogP contribution is -2.48. The number of nitrogens with two attached hydrogens (primary N) is 1. The van der Waals surface area contributed by atoms with E-state index in [0.717, 1.165) is 38.0 Å². The Morgan fingerprint density at radius 1 is 1.45 bits per heavy atom. The fourth-order valence-electron chi connectivity index (χ4n) is 3.36. The number of halogens is 2. The fourth-order valence-corrected chi connectivity index (χ4v) is 3.86. The van der Waals surface area contributed by atoms with Crippen molar-refractivity contribution in [1.29, 1.82) is 0 Å². The molecule has 1 saturated heterocycles. The highest BCUT2D eigenvalue weighted by atomic mass is 35.5. The van der Waals surface area contributed by atoms with E-state index in [1.807, 2.05) is 0 Å². The summed E-state index contributed by atoms with van der Waals surface area (Å²) in [4.78, 5) is 4.37. The summed E-state index contributed by atoms with van der Waals surface area (Å²) in [6, 6.07) is 1.66. The summed E-state index contributed by atoms with van der Waals surface area (Å²) >= 11 is 12.2. The molecule has 1 aromatic rings. The van der Waals surface area contributed by atoms with E-state index in [0.29, 0.717) is 16.0 Å². The molecule has 0 bridgehead atoms. The van der Waals surface area contributed by atoms with Gasteiger partial charge in [0.1, 0.15) is 0 Å². The van der Waals surface area contributed by atoms with Crippen LogP contribution in [-0.2, 0) is 4.74 Å². The number of nitrogens with one attached hydrogen (secondary N) is 1. The molecule has 1 spiro atoms. The molecule has 2 atom stereocenters. The van der Waals surface area contributed by atoms with Gasteiger partial charge in [-0.3, -0.25) is 16.3 Å². The van der Waals surface area contributed by atoms with Crippen LogP contribution in [0, 0.1) is 5.92 Å².